The lowest BCUT2D eigenvalue weighted by molar-refractivity contribution is -0.133. The van der Waals surface area contributed by atoms with Crippen molar-refractivity contribution in [3.8, 4) is 11.5 Å². The number of benzene rings is 1. The number of carbonyl (C=O) groups excluding carboxylic acids is 1. The quantitative estimate of drug-likeness (QED) is 0.625. The standard InChI is InChI=1S/C22H33NO3/c1-2-25-20-13-6-7-14-21(20)26-17-9-15-22(24)23-16-8-12-19(23)18-10-4-3-5-11-18/h6-7,13-14,18-19H,2-5,8-12,15-17H2,1H3. The minimum absolute atomic E-state index is 0.319. The second kappa shape index (κ2) is 9.84. The van der Waals surface area contributed by atoms with Gasteiger partial charge in [0.1, 0.15) is 0 Å². The van der Waals surface area contributed by atoms with E-state index in [1.807, 2.05) is 31.2 Å². The van der Waals surface area contributed by atoms with Gasteiger partial charge in [-0.15, -0.1) is 0 Å². The normalized spacial score (nSPS) is 21.0. The molecule has 4 nitrogen and oxygen atoms in total. The summed E-state index contributed by atoms with van der Waals surface area (Å²) in [5.74, 6) is 2.60. The first-order valence-corrected chi connectivity index (χ1v) is 10.4. The van der Waals surface area contributed by atoms with Gasteiger partial charge in [0.05, 0.1) is 13.2 Å². The number of carbonyl (C=O) groups is 1. The fourth-order valence-electron chi connectivity index (χ4n) is 4.50. The van der Waals surface area contributed by atoms with Gasteiger partial charge < -0.3 is 14.4 Å². The summed E-state index contributed by atoms with van der Waals surface area (Å²) in [4.78, 5) is 14.9. The van der Waals surface area contributed by atoms with Crippen LogP contribution in [0.15, 0.2) is 24.3 Å². The lowest BCUT2D eigenvalue weighted by Gasteiger charge is -2.34. The smallest absolute Gasteiger partial charge is 0.222 e. The maximum absolute atomic E-state index is 12.7. The topological polar surface area (TPSA) is 38.8 Å². The van der Waals surface area contributed by atoms with Gasteiger partial charge in [0.25, 0.3) is 0 Å². The van der Waals surface area contributed by atoms with Crippen molar-refractivity contribution >= 4 is 5.91 Å². The molecule has 1 aliphatic carbocycles. The highest BCUT2D eigenvalue weighted by Crippen LogP contribution is 2.34. The van der Waals surface area contributed by atoms with Crippen LogP contribution in [-0.4, -0.2) is 36.6 Å². The molecule has 144 valence electrons. The van der Waals surface area contributed by atoms with Crippen molar-refractivity contribution in [2.75, 3.05) is 19.8 Å². The van der Waals surface area contributed by atoms with Gasteiger partial charge in [-0.2, -0.15) is 0 Å². The molecule has 26 heavy (non-hydrogen) atoms. The zero-order valence-corrected chi connectivity index (χ0v) is 16.1. The number of rotatable bonds is 8. The minimum atomic E-state index is 0.319. The summed E-state index contributed by atoms with van der Waals surface area (Å²) < 4.78 is 11.4. The van der Waals surface area contributed by atoms with Crippen LogP contribution in [0.5, 0.6) is 11.5 Å². The molecule has 0 radical (unpaired) electrons. The first kappa shape index (κ1) is 19.1. The average molecular weight is 360 g/mol. The summed E-state index contributed by atoms with van der Waals surface area (Å²) in [6.45, 7) is 4.09. The van der Waals surface area contributed by atoms with Crippen molar-refractivity contribution in [3.05, 3.63) is 24.3 Å². The lowest BCUT2D eigenvalue weighted by atomic mass is 9.83. The molecule has 1 amide bonds. The Balaban J connectivity index is 1.44. The molecule has 3 rings (SSSR count). The van der Waals surface area contributed by atoms with Crippen molar-refractivity contribution < 1.29 is 14.3 Å². The molecular weight excluding hydrogens is 326 g/mol. The molecule has 1 aromatic carbocycles. The van der Waals surface area contributed by atoms with E-state index in [9.17, 15) is 4.79 Å². The number of amides is 1. The van der Waals surface area contributed by atoms with E-state index < -0.39 is 0 Å². The predicted octanol–water partition coefficient (Wildman–Crippen LogP) is 4.82. The highest BCUT2D eigenvalue weighted by atomic mass is 16.5. The van der Waals surface area contributed by atoms with Crippen molar-refractivity contribution in [2.45, 2.75) is 70.8 Å². The molecule has 1 saturated carbocycles. The largest absolute Gasteiger partial charge is 0.490 e. The van der Waals surface area contributed by atoms with Crippen molar-refractivity contribution in [2.24, 2.45) is 5.92 Å². The van der Waals surface area contributed by atoms with Gasteiger partial charge in [0.15, 0.2) is 11.5 Å². The fraction of sp³-hybridized carbons (Fsp3) is 0.682. The molecule has 1 atom stereocenters. The van der Waals surface area contributed by atoms with E-state index in [-0.39, 0.29) is 0 Å². The summed E-state index contributed by atoms with van der Waals surface area (Å²) in [6, 6.07) is 8.24. The maximum Gasteiger partial charge on any atom is 0.222 e. The van der Waals surface area contributed by atoms with Crippen LogP contribution in [0.4, 0.5) is 0 Å². The Labute approximate surface area is 157 Å². The number of hydrogen-bond acceptors (Lipinski definition) is 3. The zero-order chi connectivity index (χ0) is 18.2. The van der Waals surface area contributed by atoms with Crippen molar-refractivity contribution in [1.82, 2.24) is 4.90 Å². The predicted molar refractivity (Wildman–Crippen MR) is 104 cm³/mol. The van der Waals surface area contributed by atoms with Crippen LogP contribution in [0.2, 0.25) is 0 Å². The third-order valence-corrected chi connectivity index (χ3v) is 5.76. The van der Waals surface area contributed by atoms with E-state index in [0.717, 1.165) is 30.4 Å². The second-order valence-electron chi connectivity index (χ2n) is 7.53. The van der Waals surface area contributed by atoms with Crippen LogP contribution in [0.1, 0.15) is 64.7 Å². The highest BCUT2D eigenvalue weighted by molar-refractivity contribution is 5.76. The summed E-state index contributed by atoms with van der Waals surface area (Å²) in [6.07, 6.45) is 10.4. The number of ether oxygens (including phenoxy) is 2. The fourth-order valence-corrected chi connectivity index (χ4v) is 4.50. The summed E-state index contributed by atoms with van der Waals surface area (Å²) in [7, 11) is 0. The van der Waals surface area contributed by atoms with E-state index in [1.165, 1.54) is 44.9 Å². The summed E-state index contributed by atoms with van der Waals surface area (Å²) >= 11 is 0. The van der Waals surface area contributed by atoms with Gasteiger partial charge in [-0.3, -0.25) is 4.79 Å². The Hall–Kier alpha value is -1.71. The second-order valence-corrected chi connectivity index (χ2v) is 7.53. The Morgan fingerprint density at radius 1 is 1.04 bits per heavy atom. The highest BCUT2D eigenvalue weighted by Gasteiger charge is 2.34. The molecule has 1 unspecified atom stereocenters. The van der Waals surface area contributed by atoms with Crippen molar-refractivity contribution in [1.29, 1.82) is 0 Å². The van der Waals surface area contributed by atoms with Gasteiger partial charge in [-0.25, -0.2) is 0 Å². The average Bonchev–Trinajstić information content (AvgIpc) is 3.17. The van der Waals surface area contributed by atoms with Gasteiger partial charge in [-0.1, -0.05) is 31.4 Å². The monoisotopic (exact) mass is 359 g/mol. The summed E-state index contributed by atoms with van der Waals surface area (Å²) in [5, 5.41) is 0. The zero-order valence-electron chi connectivity index (χ0n) is 16.1. The number of likely N-dealkylation sites (tertiary alicyclic amines) is 1. The molecule has 0 aromatic heterocycles. The molecule has 0 spiro atoms. The molecule has 0 bridgehead atoms. The van der Waals surface area contributed by atoms with E-state index in [1.54, 1.807) is 0 Å². The molecule has 1 aliphatic heterocycles. The van der Waals surface area contributed by atoms with E-state index in [0.29, 0.717) is 31.6 Å². The summed E-state index contributed by atoms with van der Waals surface area (Å²) in [5.41, 5.74) is 0. The molecule has 1 saturated heterocycles. The first-order valence-electron chi connectivity index (χ1n) is 10.4. The molecule has 0 N–H and O–H groups in total. The van der Waals surface area contributed by atoms with Gasteiger partial charge in [-0.05, 0) is 57.1 Å². The molecule has 4 heteroatoms. The van der Waals surface area contributed by atoms with Gasteiger partial charge in [0, 0.05) is 19.0 Å². The Morgan fingerprint density at radius 3 is 2.50 bits per heavy atom. The molecule has 1 heterocycles. The SMILES string of the molecule is CCOc1ccccc1OCCCC(=O)N1CCCC1C1CCCCC1. The molecular formula is C22H33NO3. The van der Waals surface area contributed by atoms with E-state index in [2.05, 4.69) is 4.90 Å². The maximum atomic E-state index is 12.7. The van der Waals surface area contributed by atoms with Crippen LogP contribution in [0.3, 0.4) is 0 Å². The molecule has 1 aromatic rings. The third kappa shape index (κ3) is 4.93. The minimum Gasteiger partial charge on any atom is -0.490 e. The van der Waals surface area contributed by atoms with E-state index >= 15 is 0 Å². The van der Waals surface area contributed by atoms with Gasteiger partial charge in [0.2, 0.25) is 5.91 Å². The lowest BCUT2D eigenvalue weighted by Crippen LogP contribution is -2.40. The number of para-hydroxylation sites is 2. The van der Waals surface area contributed by atoms with E-state index in [4.69, 9.17) is 9.47 Å². The van der Waals surface area contributed by atoms with Crippen LogP contribution in [-0.2, 0) is 4.79 Å². The Kier molecular flexibility index (Phi) is 7.22. The number of hydrogen-bond donors (Lipinski definition) is 0. The first-order chi connectivity index (χ1) is 12.8. The van der Waals surface area contributed by atoms with Gasteiger partial charge >= 0.3 is 0 Å². The van der Waals surface area contributed by atoms with Crippen LogP contribution >= 0.6 is 0 Å². The molecule has 2 aliphatic rings. The Bertz CT molecular complexity index is 568. The Morgan fingerprint density at radius 2 is 1.77 bits per heavy atom. The molecule has 2 fully saturated rings. The van der Waals surface area contributed by atoms with Crippen LogP contribution < -0.4 is 9.47 Å². The number of nitrogens with zero attached hydrogens (tertiary/aromatic N) is 1. The van der Waals surface area contributed by atoms with Crippen LogP contribution in [0.25, 0.3) is 0 Å². The van der Waals surface area contributed by atoms with Crippen LogP contribution in [0, 0.1) is 5.92 Å². The third-order valence-electron chi connectivity index (χ3n) is 5.76. The van der Waals surface area contributed by atoms with Crippen molar-refractivity contribution in [3.63, 3.8) is 0 Å².